The topological polar surface area (TPSA) is 35.5 Å². The molecule has 0 saturated carbocycles. The third-order valence-corrected chi connectivity index (χ3v) is 4.50. The van der Waals surface area contributed by atoms with E-state index in [1.54, 1.807) is 12.1 Å². The minimum Gasteiger partial charge on any atom is -0.442 e. The molecule has 0 N–H and O–H groups in total. The number of hydrogen-bond acceptors (Lipinski definition) is 3. The summed E-state index contributed by atoms with van der Waals surface area (Å²) in [6.07, 6.45) is 0. The van der Waals surface area contributed by atoms with Crippen LogP contribution in [0.2, 0.25) is 0 Å². The molecule has 3 nitrogen and oxygen atoms in total. The van der Waals surface area contributed by atoms with Gasteiger partial charge >= 0.3 is 5.79 Å². The lowest BCUT2D eigenvalue weighted by molar-refractivity contribution is -0.0855. The maximum absolute atomic E-state index is 13.8. The summed E-state index contributed by atoms with van der Waals surface area (Å²) >= 11 is 0. The van der Waals surface area contributed by atoms with Gasteiger partial charge in [-0.3, -0.25) is 4.79 Å². The summed E-state index contributed by atoms with van der Waals surface area (Å²) in [4.78, 5) is 13.8. The Bertz CT molecular complexity index is 1000. The molecule has 4 aromatic rings. The number of carbonyl (C=O) groups excluding carboxylic acids is 1. The van der Waals surface area contributed by atoms with E-state index >= 15 is 0 Å². The zero-order valence-corrected chi connectivity index (χ0v) is 15.8. The van der Waals surface area contributed by atoms with Gasteiger partial charge in [-0.25, -0.2) is 0 Å². The zero-order chi connectivity index (χ0) is 19.9. The fourth-order valence-electron chi connectivity index (χ4n) is 3.11. The van der Waals surface area contributed by atoms with Crippen molar-refractivity contribution >= 4 is 5.78 Å². The van der Waals surface area contributed by atoms with Crippen molar-refractivity contribution in [2.45, 2.75) is 5.79 Å². The van der Waals surface area contributed by atoms with E-state index < -0.39 is 5.79 Å². The van der Waals surface area contributed by atoms with Crippen LogP contribution in [0.1, 0.15) is 15.9 Å². The number of Topliss-reactive ketones (excluding diaryl/α,β-unsaturated/α-hetero) is 1. The third-order valence-electron chi connectivity index (χ3n) is 4.50. The van der Waals surface area contributed by atoms with Crippen LogP contribution in [0.4, 0.5) is 0 Å². The van der Waals surface area contributed by atoms with Crippen molar-refractivity contribution in [3.63, 3.8) is 0 Å². The first-order chi connectivity index (χ1) is 14.3. The van der Waals surface area contributed by atoms with Gasteiger partial charge in [0.25, 0.3) is 5.78 Å². The molecule has 0 aliphatic heterocycles. The van der Waals surface area contributed by atoms with Crippen molar-refractivity contribution in [3.8, 4) is 11.5 Å². The molecule has 0 aliphatic carbocycles. The number of ether oxygens (including phenoxy) is 2. The molecule has 0 bridgehead atoms. The molecule has 29 heavy (non-hydrogen) atoms. The molecule has 0 aliphatic rings. The molecule has 0 aromatic heterocycles. The second-order valence-corrected chi connectivity index (χ2v) is 6.51. The Kier molecular flexibility index (Phi) is 5.39. The average Bonchev–Trinajstić information content (AvgIpc) is 2.80. The summed E-state index contributed by atoms with van der Waals surface area (Å²) in [5.41, 5.74) is 1.12. The minimum atomic E-state index is -1.68. The molecular formula is C26H20O3. The largest absolute Gasteiger partial charge is 0.442 e. The second-order valence-electron chi connectivity index (χ2n) is 6.51. The molecule has 4 rings (SSSR count). The minimum absolute atomic E-state index is 0.281. The monoisotopic (exact) mass is 380 g/mol. The van der Waals surface area contributed by atoms with Crippen LogP contribution in [0.15, 0.2) is 121 Å². The Balaban J connectivity index is 1.89. The zero-order valence-electron chi connectivity index (χ0n) is 15.8. The standard InChI is InChI=1S/C26H20O3/c27-25(21-13-5-1-6-14-21)26(22-15-7-2-8-16-22,28-23-17-9-3-10-18-23)29-24-19-11-4-12-20-24/h1-20H. The molecule has 142 valence electrons. The van der Waals surface area contributed by atoms with Gasteiger partial charge < -0.3 is 9.47 Å². The van der Waals surface area contributed by atoms with Gasteiger partial charge in [0.2, 0.25) is 0 Å². The normalized spacial score (nSPS) is 10.9. The number of rotatable bonds is 7. The first-order valence-electron chi connectivity index (χ1n) is 9.41. The predicted octanol–water partition coefficient (Wildman–Crippen LogP) is 5.88. The maximum Gasteiger partial charge on any atom is 0.344 e. The highest BCUT2D eigenvalue weighted by Gasteiger charge is 2.46. The molecule has 0 radical (unpaired) electrons. The van der Waals surface area contributed by atoms with Crippen LogP contribution in [0.5, 0.6) is 11.5 Å². The van der Waals surface area contributed by atoms with Crippen LogP contribution in [-0.4, -0.2) is 5.78 Å². The summed E-state index contributed by atoms with van der Waals surface area (Å²) in [6.45, 7) is 0. The number of ketones is 1. The smallest absolute Gasteiger partial charge is 0.344 e. The van der Waals surface area contributed by atoms with Gasteiger partial charge in [0.1, 0.15) is 11.5 Å². The molecule has 0 fully saturated rings. The van der Waals surface area contributed by atoms with Crippen molar-refractivity contribution in [1.29, 1.82) is 0 Å². The summed E-state index contributed by atoms with van der Waals surface area (Å²) < 4.78 is 12.7. The van der Waals surface area contributed by atoms with Gasteiger partial charge in [-0.15, -0.1) is 0 Å². The Morgan fingerprint density at radius 3 is 1.34 bits per heavy atom. The van der Waals surface area contributed by atoms with Gasteiger partial charge in [-0.2, -0.15) is 0 Å². The van der Waals surface area contributed by atoms with Crippen molar-refractivity contribution in [2.75, 3.05) is 0 Å². The summed E-state index contributed by atoms with van der Waals surface area (Å²) in [6, 6.07) is 36.8. The van der Waals surface area contributed by atoms with Crippen LogP contribution in [0.3, 0.4) is 0 Å². The SMILES string of the molecule is O=C(c1ccccc1)C(Oc1ccccc1)(Oc1ccccc1)c1ccccc1. The Morgan fingerprint density at radius 1 is 0.517 bits per heavy atom. The van der Waals surface area contributed by atoms with Gasteiger partial charge in [0.05, 0.1) is 0 Å². The second kappa shape index (κ2) is 8.44. The van der Waals surface area contributed by atoms with Crippen molar-refractivity contribution in [2.24, 2.45) is 0 Å². The summed E-state index contributed by atoms with van der Waals surface area (Å²) in [7, 11) is 0. The highest BCUT2D eigenvalue weighted by molar-refractivity contribution is 6.02. The molecule has 0 saturated heterocycles. The third kappa shape index (κ3) is 4.04. The Labute approximate surface area is 170 Å². The summed E-state index contributed by atoms with van der Waals surface area (Å²) in [5, 5.41) is 0. The lowest BCUT2D eigenvalue weighted by atomic mass is 9.95. The highest BCUT2D eigenvalue weighted by Crippen LogP contribution is 2.34. The lowest BCUT2D eigenvalue weighted by Gasteiger charge is -2.33. The van der Waals surface area contributed by atoms with E-state index in [1.807, 2.05) is 109 Å². The van der Waals surface area contributed by atoms with Crippen LogP contribution in [0.25, 0.3) is 0 Å². The van der Waals surface area contributed by atoms with Crippen molar-refractivity contribution < 1.29 is 14.3 Å². The molecule has 0 heterocycles. The van der Waals surface area contributed by atoms with Crippen molar-refractivity contribution in [3.05, 3.63) is 132 Å². The Hall–Kier alpha value is -3.85. The van der Waals surface area contributed by atoms with E-state index in [4.69, 9.17) is 9.47 Å². The lowest BCUT2D eigenvalue weighted by Crippen LogP contribution is -2.47. The molecular weight excluding hydrogens is 360 g/mol. The van der Waals surface area contributed by atoms with E-state index in [2.05, 4.69) is 0 Å². The number of para-hydroxylation sites is 2. The van der Waals surface area contributed by atoms with Gasteiger partial charge in [-0.05, 0) is 24.3 Å². The van der Waals surface area contributed by atoms with Crippen LogP contribution >= 0.6 is 0 Å². The molecule has 0 spiro atoms. The average molecular weight is 380 g/mol. The highest BCUT2D eigenvalue weighted by atomic mass is 16.7. The van der Waals surface area contributed by atoms with Crippen LogP contribution in [0, 0.1) is 0 Å². The Morgan fingerprint density at radius 2 is 0.897 bits per heavy atom. The molecule has 3 heteroatoms. The van der Waals surface area contributed by atoms with E-state index in [0.29, 0.717) is 22.6 Å². The molecule has 0 unspecified atom stereocenters. The van der Waals surface area contributed by atoms with Crippen LogP contribution in [-0.2, 0) is 5.79 Å². The first-order valence-corrected chi connectivity index (χ1v) is 9.41. The van der Waals surface area contributed by atoms with E-state index in [-0.39, 0.29) is 5.78 Å². The predicted molar refractivity (Wildman–Crippen MR) is 113 cm³/mol. The molecule has 4 aromatic carbocycles. The van der Waals surface area contributed by atoms with Gasteiger partial charge in [0.15, 0.2) is 0 Å². The van der Waals surface area contributed by atoms with Gasteiger partial charge in [0, 0.05) is 11.1 Å². The fraction of sp³-hybridized carbons (Fsp3) is 0.0385. The quantitative estimate of drug-likeness (QED) is 0.297. The number of hydrogen-bond donors (Lipinski definition) is 0. The van der Waals surface area contributed by atoms with E-state index in [1.165, 1.54) is 0 Å². The molecule has 0 atom stereocenters. The van der Waals surface area contributed by atoms with Gasteiger partial charge in [-0.1, -0.05) is 97.1 Å². The number of benzene rings is 4. The molecule has 0 amide bonds. The summed E-state index contributed by atoms with van der Waals surface area (Å²) in [5.74, 6) is -0.879. The fourth-order valence-corrected chi connectivity index (χ4v) is 3.11. The number of carbonyl (C=O) groups is 1. The maximum atomic E-state index is 13.8. The van der Waals surface area contributed by atoms with Crippen LogP contribution < -0.4 is 9.47 Å². The van der Waals surface area contributed by atoms with E-state index in [0.717, 1.165) is 0 Å². The first kappa shape index (κ1) is 18.5. The van der Waals surface area contributed by atoms with E-state index in [9.17, 15) is 4.79 Å². The van der Waals surface area contributed by atoms with Crippen molar-refractivity contribution in [1.82, 2.24) is 0 Å².